The third kappa shape index (κ3) is 5.65. The molecule has 0 saturated heterocycles. The summed E-state index contributed by atoms with van der Waals surface area (Å²) in [5.41, 5.74) is 0.876. The summed E-state index contributed by atoms with van der Waals surface area (Å²) < 4.78 is 5.06. The Labute approximate surface area is 118 Å². The van der Waals surface area contributed by atoms with Gasteiger partial charge in [0, 0.05) is 0 Å². The van der Waals surface area contributed by atoms with Crippen LogP contribution >= 0.6 is 0 Å². The highest BCUT2D eigenvalue weighted by molar-refractivity contribution is 6.29. The summed E-state index contributed by atoms with van der Waals surface area (Å²) in [5, 5.41) is 9.50. The van der Waals surface area contributed by atoms with E-state index in [1.165, 1.54) is 0 Å². The van der Waals surface area contributed by atoms with Crippen LogP contribution in [0, 0.1) is 11.3 Å². The number of hydrogen-bond acceptors (Lipinski definition) is 4. The van der Waals surface area contributed by atoms with Gasteiger partial charge in [0.15, 0.2) is 5.78 Å². The van der Waals surface area contributed by atoms with Crippen molar-refractivity contribution >= 4 is 18.1 Å². The Balaban J connectivity index is 2.49. The predicted molar refractivity (Wildman–Crippen MR) is 76.8 cm³/mol. The van der Waals surface area contributed by atoms with Gasteiger partial charge in [-0.2, -0.15) is 0 Å². The second-order valence-electron chi connectivity index (χ2n) is 4.93. The Kier molecular flexibility index (Phi) is 6.43. The maximum Gasteiger partial charge on any atom is 0.408 e. The van der Waals surface area contributed by atoms with Crippen molar-refractivity contribution in [3.63, 3.8) is 0 Å². The molecule has 1 aromatic rings. The molecule has 0 aliphatic carbocycles. The first-order valence-electron chi connectivity index (χ1n) is 6.54. The minimum absolute atomic E-state index is 0.153. The lowest BCUT2D eigenvalue weighted by Crippen LogP contribution is -2.42. The number of carbonyl (C=O) groups excluding carboxylic acids is 2. The molecule has 1 amide bonds. The quantitative estimate of drug-likeness (QED) is 0.751. The van der Waals surface area contributed by atoms with Crippen LogP contribution in [0.1, 0.15) is 25.8 Å². The smallest absolute Gasteiger partial charge is 0.408 e. The molecule has 0 aliphatic heterocycles. The van der Waals surface area contributed by atoms with Crippen molar-refractivity contribution in [2.24, 2.45) is 5.92 Å². The van der Waals surface area contributed by atoms with E-state index in [2.05, 4.69) is 5.32 Å². The molecule has 0 bridgehead atoms. The monoisotopic (exact) mass is 276 g/mol. The van der Waals surface area contributed by atoms with E-state index in [1.807, 2.05) is 44.2 Å². The molecule has 1 aromatic carbocycles. The fraction of sp³-hybridized carbons (Fsp3) is 0.400. The summed E-state index contributed by atoms with van der Waals surface area (Å²) >= 11 is 0. The van der Waals surface area contributed by atoms with Crippen LogP contribution in [0.15, 0.2) is 30.3 Å². The summed E-state index contributed by atoms with van der Waals surface area (Å²) in [5.74, 6) is -0.186. The Morgan fingerprint density at radius 3 is 2.50 bits per heavy atom. The van der Waals surface area contributed by atoms with Gasteiger partial charge in [0.2, 0.25) is 0 Å². The number of ketones is 1. The molecule has 5 heteroatoms. The molecular formula is C15H20N2O3. The lowest BCUT2D eigenvalue weighted by Gasteiger charge is -2.17. The van der Waals surface area contributed by atoms with Crippen molar-refractivity contribution < 1.29 is 14.3 Å². The maximum atomic E-state index is 11.7. The Morgan fingerprint density at radius 2 is 1.95 bits per heavy atom. The highest BCUT2D eigenvalue weighted by Gasteiger charge is 2.20. The lowest BCUT2D eigenvalue weighted by atomic mass is 10.0. The molecule has 0 heterocycles. The van der Waals surface area contributed by atoms with Gasteiger partial charge in [0.1, 0.15) is 6.61 Å². The van der Waals surface area contributed by atoms with E-state index in [-0.39, 0.29) is 12.5 Å². The van der Waals surface area contributed by atoms with Gasteiger partial charge in [-0.25, -0.2) is 4.79 Å². The van der Waals surface area contributed by atoms with Crippen molar-refractivity contribution in [1.82, 2.24) is 5.32 Å². The Hall–Kier alpha value is -2.17. The first-order valence-corrected chi connectivity index (χ1v) is 6.54. The molecule has 1 rings (SSSR count). The van der Waals surface area contributed by atoms with Crippen LogP contribution in [0.5, 0.6) is 0 Å². The average molecular weight is 276 g/mol. The van der Waals surface area contributed by atoms with Crippen molar-refractivity contribution in [2.75, 3.05) is 0 Å². The molecule has 0 fully saturated rings. The summed E-state index contributed by atoms with van der Waals surface area (Å²) in [6.45, 7) is 4.04. The SMILES string of the molecule is CC(C)CC(NC(=O)OCc1ccccc1)C(=O)C=N. The van der Waals surface area contributed by atoms with Gasteiger partial charge < -0.3 is 15.5 Å². The number of ether oxygens (including phenoxy) is 1. The number of alkyl carbamates (subject to hydrolysis) is 1. The van der Waals surface area contributed by atoms with Crippen molar-refractivity contribution in [3.8, 4) is 0 Å². The van der Waals surface area contributed by atoms with E-state index in [0.717, 1.165) is 11.8 Å². The predicted octanol–water partition coefficient (Wildman–Crippen LogP) is 2.55. The van der Waals surface area contributed by atoms with Crippen molar-refractivity contribution in [3.05, 3.63) is 35.9 Å². The molecule has 0 spiro atoms. The summed E-state index contributed by atoms with van der Waals surface area (Å²) in [6, 6.07) is 8.59. The number of benzene rings is 1. The third-order valence-electron chi connectivity index (χ3n) is 2.70. The molecule has 20 heavy (non-hydrogen) atoms. The fourth-order valence-electron chi connectivity index (χ4n) is 1.73. The Bertz CT molecular complexity index is 457. The van der Waals surface area contributed by atoms with Crippen LogP contribution in [0.4, 0.5) is 4.79 Å². The molecule has 5 nitrogen and oxygen atoms in total. The number of Topliss-reactive ketones (excluding diaryl/α,β-unsaturated/α-hetero) is 1. The zero-order valence-corrected chi connectivity index (χ0v) is 11.8. The van der Waals surface area contributed by atoms with Crippen molar-refractivity contribution in [2.45, 2.75) is 32.9 Å². The van der Waals surface area contributed by atoms with Gasteiger partial charge in [-0.1, -0.05) is 44.2 Å². The largest absolute Gasteiger partial charge is 0.445 e. The standard InChI is InChI=1S/C15H20N2O3/c1-11(2)8-13(14(18)9-16)17-15(19)20-10-12-6-4-3-5-7-12/h3-7,9,11,13,16H,8,10H2,1-2H3,(H,17,19). The summed E-state index contributed by atoms with van der Waals surface area (Å²) in [4.78, 5) is 23.2. The lowest BCUT2D eigenvalue weighted by molar-refractivity contribution is -0.114. The normalized spacial score (nSPS) is 11.8. The average Bonchev–Trinajstić information content (AvgIpc) is 2.44. The van der Waals surface area contributed by atoms with Gasteiger partial charge in [0.05, 0.1) is 12.3 Å². The van der Waals surface area contributed by atoms with Gasteiger partial charge in [-0.15, -0.1) is 0 Å². The van der Waals surface area contributed by atoms with E-state index in [1.54, 1.807) is 0 Å². The zero-order valence-electron chi connectivity index (χ0n) is 11.8. The van der Waals surface area contributed by atoms with E-state index in [4.69, 9.17) is 10.1 Å². The highest BCUT2D eigenvalue weighted by Crippen LogP contribution is 2.06. The zero-order chi connectivity index (χ0) is 15.0. The van der Waals surface area contributed by atoms with Crippen LogP contribution in [-0.2, 0) is 16.1 Å². The second-order valence-corrected chi connectivity index (χ2v) is 4.93. The summed E-state index contributed by atoms with van der Waals surface area (Å²) in [6.07, 6.45) is 0.564. The highest BCUT2D eigenvalue weighted by atomic mass is 16.5. The number of nitrogens with one attached hydrogen (secondary N) is 2. The number of amides is 1. The molecule has 108 valence electrons. The third-order valence-corrected chi connectivity index (χ3v) is 2.70. The number of carbonyl (C=O) groups is 2. The Morgan fingerprint density at radius 1 is 1.30 bits per heavy atom. The van der Waals surface area contributed by atoms with Gasteiger partial charge >= 0.3 is 6.09 Å². The molecule has 0 aromatic heterocycles. The topological polar surface area (TPSA) is 79.2 Å². The van der Waals surface area contributed by atoms with E-state index in [0.29, 0.717) is 6.42 Å². The molecule has 0 radical (unpaired) electrons. The number of hydrogen-bond donors (Lipinski definition) is 2. The minimum atomic E-state index is -0.698. The summed E-state index contributed by atoms with van der Waals surface area (Å²) in [7, 11) is 0. The molecule has 0 saturated carbocycles. The first kappa shape index (κ1) is 15.9. The van der Waals surface area contributed by atoms with Gasteiger partial charge in [-0.3, -0.25) is 4.79 Å². The van der Waals surface area contributed by atoms with Crippen LogP contribution in [0.2, 0.25) is 0 Å². The molecule has 0 aliphatic rings. The minimum Gasteiger partial charge on any atom is -0.445 e. The number of rotatable bonds is 7. The van der Waals surface area contributed by atoms with Crippen molar-refractivity contribution in [1.29, 1.82) is 5.41 Å². The van der Waals surface area contributed by atoms with Crippen LogP contribution in [0.25, 0.3) is 0 Å². The van der Waals surface area contributed by atoms with Gasteiger partial charge in [0.25, 0.3) is 0 Å². The van der Waals surface area contributed by atoms with E-state index in [9.17, 15) is 9.59 Å². The molecule has 2 N–H and O–H groups in total. The van der Waals surface area contributed by atoms with Crippen LogP contribution in [0.3, 0.4) is 0 Å². The molecule has 1 unspecified atom stereocenters. The van der Waals surface area contributed by atoms with Crippen LogP contribution in [-0.4, -0.2) is 24.1 Å². The maximum absolute atomic E-state index is 11.7. The molecule has 1 atom stereocenters. The van der Waals surface area contributed by atoms with E-state index >= 15 is 0 Å². The van der Waals surface area contributed by atoms with E-state index < -0.39 is 17.9 Å². The first-order chi connectivity index (χ1) is 9.52. The fourth-order valence-corrected chi connectivity index (χ4v) is 1.73. The van der Waals surface area contributed by atoms with Gasteiger partial charge in [-0.05, 0) is 17.9 Å². The van der Waals surface area contributed by atoms with Crippen LogP contribution < -0.4 is 5.32 Å². The molecular weight excluding hydrogens is 256 g/mol. The second kappa shape index (κ2) is 8.09.